The lowest BCUT2D eigenvalue weighted by Gasteiger charge is -2.12. The van der Waals surface area contributed by atoms with E-state index >= 15 is 0 Å². The topological polar surface area (TPSA) is 41.1 Å². The Kier molecular flexibility index (Phi) is 5.40. The van der Waals surface area contributed by atoms with E-state index in [1.807, 2.05) is 11.3 Å². The van der Waals surface area contributed by atoms with Crippen LogP contribution in [-0.2, 0) is 24.2 Å². The van der Waals surface area contributed by atoms with Crippen LogP contribution in [-0.4, -0.2) is 18.5 Å². The maximum Gasteiger partial charge on any atom is 0.234 e. The fourth-order valence-electron chi connectivity index (χ4n) is 2.61. The first-order valence-corrected chi connectivity index (χ1v) is 8.11. The minimum Gasteiger partial charge on any atom is -0.353 e. The van der Waals surface area contributed by atoms with Crippen molar-refractivity contribution in [1.82, 2.24) is 10.6 Å². The van der Waals surface area contributed by atoms with Gasteiger partial charge in [0, 0.05) is 22.3 Å². The Morgan fingerprint density at radius 1 is 1.47 bits per heavy atom. The molecule has 0 aromatic carbocycles. The fourth-order valence-corrected chi connectivity index (χ4v) is 3.84. The van der Waals surface area contributed by atoms with Gasteiger partial charge in [-0.25, -0.2) is 0 Å². The molecule has 0 radical (unpaired) electrons. The van der Waals surface area contributed by atoms with Crippen LogP contribution >= 0.6 is 11.3 Å². The number of carbonyl (C=O) groups excluding carboxylic acids is 1. The highest BCUT2D eigenvalue weighted by Gasteiger charge is 2.14. The molecular weight excluding hydrogens is 256 g/mol. The lowest BCUT2D eigenvalue weighted by molar-refractivity contribution is -0.120. The normalized spacial score (nSPS) is 15.3. The minimum absolute atomic E-state index is 0.102. The zero-order valence-electron chi connectivity index (χ0n) is 11.9. The molecule has 1 aliphatic rings. The number of thiophene rings is 1. The molecule has 3 nitrogen and oxygen atoms in total. The Labute approximate surface area is 119 Å². The molecule has 0 aliphatic heterocycles. The molecule has 0 saturated heterocycles. The molecule has 0 bridgehead atoms. The molecule has 1 amide bonds. The van der Waals surface area contributed by atoms with E-state index in [0.717, 1.165) is 19.4 Å². The van der Waals surface area contributed by atoms with Gasteiger partial charge in [-0.1, -0.05) is 13.3 Å². The second kappa shape index (κ2) is 7.06. The number of carbonyl (C=O) groups is 1. The van der Waals surface area contributed by atoms with E-state index < -0.39 is 0 Å². The summed E-state index contributed by atoms with van der Waals surface area (Å²) in [4.78, 5) is 14.6. The highest BCUT2D eigenvalue weighted by atomic mass is 32.1. The number of amides is 1. The van der Waals surface area contributed by atoms with Crippen LogP contribution in [0.5, 0.6) is 0 Å². The van der Waals surface area contributed by atoms with E-state index in [4.69, 9.17) is 0 Å². The monoisotopic (exact) mass is 280 g/mol. The molecule has 1 heterocycles. The summed E-state index contributed by atoms with van der Waals surface area (Å²) in [6.45, 7) is 5.42. The lowest BCUT2D eigenvalue weighted by atomic mass is 10.2. The van der Waals surface area contributed by atoms with E-state index in [2.05, 4.69) is 30.5 Å². The Morgan fingerprint density at radius 3 is 3.05 bits per heavy atom. The summed E-state index contributed by atoms with van der Waals surface area (Å²) in [5.74, 6) is 0.102. The molecule has 106 valence electrons. The smallest absolute Gasteiger partial charge is 0.234 e. The van der Waals surface area contributed by atoms with Gasteiger partial charge in [0.25, 0.3) is 0 Å². The highest BCUT2D eigenvalue weighted by Crippen LogP contribution is 2.30. The maximum atomic E-state index is 11.7. The number of hydrogen-bond donors (Lipinski definition) is 2. The molecule has 2 rings (SSSR count). The molecule has 2 N–H and O–H groups in total. The van der Waals surface area contributed by atoms with Gasteiger partial charge in [-0.2, -0.15) is 0 Å². The van der Waals surface area contributed by atoms with E-state index in [0.29, 0.717) is 6.54 Å². The number of nitrogens with one attached hydrogen (secondary N) is 2. The predicted octanol–water partition coefficient (Wildman–Crippen LogP) is 2.63. The van der Waals surface area contributed by atoms with Gasteiger partial charge in [0.2, 0.25) is 5.91 Å². The number of fused-ring (bicyclic) bond motifs is 1. The molecule has 1 aromatic rings. The van der Waals surface area contributed by atoms with Gasteiger partial charge in [-0.15, -0.1) is 11.3 Å². The van der Waals surface area contributed by atoms with E-state index in [-0.39, 0.29) is 11.9 Å². The fraction of sp³-hybridized carbons (Fsp3) is 0.667. The molecule has 19 heavy (non-hydrogen) atoms. The van der Waals surface area contributed by atoms with Crippen LogP contribution in [0.1, 0.15) is 48.4 Å². The highest BCUT2D eigenvalue weighted by molar-refractivity contribution is 7.12. The van der Waals surface area contributed by atoms with Crippen molar-refractivity contribution in [2.24, 2.45) is 0 Å². The quantitative estimate of drug-likeness (QED) is 0.806. The number of rotatable bonds is 7. The third-order valence-electron chi connectivity index (χ3n) is 3.51. The van der Waals surface area contributed by atoms with Gasteiger partial charge in [0.1, 0.15) is 0 Å². The van der Waals surface area contributed by atoms with E-state index in [1.54, 1.807) is 4.88 Å². The summed E-state index contributed by atoms with van der Waals surface area (Å²) < 4.78 is 0. The Bertz CT molecular complexity index is 406. The van der Waals surface area contributed by atoms with Gasteiger partial charge < -0.3 is 10.6 Å². The molecule has 0 saturated carbocycles. The first kappa shape index (κ1) is 14.5. The van der Waals surface area contributed by atoms with Crippen LogP contribution < -0.4 is 10.6 Å². The molecule has 1 atom stereocenters. The van der Waals surface area contributed by atoms with Crippen LogP contribution in [0.3, 0.4) is 0 Å². The summed E-state index contributed by atoms with van der Waals surface area (Å²) in [6, 6.07) is 2.59. The summed E-state index contributed by atoms with van der Waals surface area (Å²) in [7, 11) is 0. The number of aryl methyl sites for hydroxylation is 2. The third kappa shape index (κ3) is 4.32. The molecule has 4 heteroatoms. The van der Waals surface area contributed by atoms with Gasteiger partial charge >= 0.3 is 0 Å². The van der Waals surface area contributed by atoms with Crippen LogP contribution in [0.15, 0.2) is 6.07 Å². The zero-order valence-corrected chi connectivity index (χ0v) is 12.7. The first-order valence-electron chi connectivity index (χ1n) is 7.29. The molecule has 1 unspecified atom stereocenters. The van der Waals surface area contributed by atoms with Crippen molar-refractivity contribution in [2.45, 2.75) is 58.5 Å². The average Bonchev–Trinajstić information content (AvgIpc) is 2.89. The largest absolute Gasteiger partial charge is 0.353 e. The molecule has 1 aromatic heterocycles. The van der Waals surface area contributed by atoms with Crippen molar-refractivity contribution in [3.8, 4) is 0 Å². The Morgan fingerprint density at radius 2 is 2.32 bits per heavy atom. The second-order valence-electron chi connectivity index (χ2n) is 5.38. The van der Waals surface area contributed by atoms with Crippen molar-refractivity contribution in [2.75, 3.05) is 6.54 Å². The summed E-state index contributed by atoms with van der Waals surface area (Å²) in [5.41, 5.74) is 1.53. The summed E-state index contributed by atoms with van der Waals surface area (Å²) in [5, 5.41) is 6.24. The maximum absolute atomic E-state index is 11.7. The van der Waals surface area contributed by atoms with Crippen molar-refractivity contribution in [3.63, 3.8) is 0 Å². The Hall–Kier alpha value is -0.870. The Balaban J connectivity index is 1.67. The van der Waals surface area contributed by atoms with Gasteiger partial charge in [0.15, 0.2) is 0 Å². The summed E-state index contributed by atoms with van der Waals surface area (Å²) >= 11 is 1.90. The molecular formula is C15H24N2OS. The molecule has 0 fully saturated rings. The van der Waals surface area contributed by atoms with Gasteiger partial charge in [-0.3, -0.25) is 4.79 Å². The standard InChI is InChI=1S/C15H24N2OS/c1-3-5-11(2)17-15(18)10-16-9-13-8-12-6-4-7-14(12)19-13/h8,11,16H,3-7,9-10H2,1-2H3,(H,17,18). The van der Waals surface area contributed by atoms with Crippen molar-refractivity contribution >= 4 is 17.2 Å². The second-order valence-corrected chi connectivity index (χ2v) is 6.60. The van der Waals surface area contributed by atoms with Gasteiger partial charge in [0.05, 0.1) is 6.54 Å². The van der Waals surface area contributed by atoms with Crippen LogP contribution in [0, 0.1) is 0 Å². The average molecular weight is 280 g/mol. The summed E-state index contributed by atoms with van der Waals surface area (Å²) in [6.07, 6.45) is 5.95. The van der Waals surface area contributed by atoms with Crippen LogP contribution in [0.25, 0.3) is 0 Å². The van der Waals surface area contributed by atoms with Crippen molar-refractivity contribution in [1.29, 1.82) is 0 Å². The van der Waals surface area contributed by atoms with Crippen molar-refractivity contribution in [3.05, 3.63) is 21.4 Å². The van der Waals surface area contributed by atoms with E-state index in [9.17, 15) is 4.79 Å². The van der Waals surface area contributed by atoms with Crippen LogP contribution in [0.2, 0.25) is 0 Å². The SMILES string of the molecule is CCCC(C)NC(=O)CNCc1cc2c(s1)CCC2. The first-order chi connectivity index (χ1) is 9.19. The van der Waals surface area contributed by atoms with Gasteiger partial charge in [-0.05, 0) is 44.2 Å². The zero-order chi connectivity index (χ0) is 13.7. The number of hydrogen-bond acceptors (Lipinski definition) is 3. The minimum atomic E-state index is 0.102. The van der Waals surface area contributed by atoms with Crippen LogP contribution in [0.4, 0.5) is 0 Å². The lowest BCUT2D eigenvalue weighted by Crippen LogP contribution is -2.38. The van der Waals surface area contributed by atoms with E-state index in [1.165, 1.54) is 29.7 Å². The molecule has 1 aliphatic carbocycles. The van der Waals surface area contributed by atoms with Crippen molar-refractivity contribution < 1.29 is 4.79 Å². The third-order valence-corrected chi connectivity index (χ3v) is 4.75. The predicted molar refractivity (Wildman–Crippen MR) is 80.6 cm³/mol. The molecule has 0 spiro atoms.